The van der Waals surface area contributed by atoms with E-state index >= 15 is 0 Å². The zero-order chi connectivity index (χ0) is 26.5. The molecule has 36 heavy (non-hydrogen) atoms. The summed E-state index contributed by atoms with van der Waals surface area (Å²) in [4.78, 5) is 27.6. The minimum atomic E-state index is -3.85. The van der Waals surface area contributed by atoms with Crippen molar-refractivity contribution in [1.82, 2.24) is 14.5 Å². The van der Waals surface area contributed by atoms with E-state index in [1.54, 1.807) is 26.0 Å². The van der Waals surface area contributed by atoms with E-state index in [0.29, 0.717) is 41.8 Å². The summed E-state index contributed by atoms with van der Waals surface area (Å²) >= 11 is 0. The number of methoxy groups -OCH3 is 1. The number of carbonyl (C=O) groups excluding carboxylic acids is 2. The van der Waals surface area contributed by atoms with Gasteiger partial charge in [-0.05, 0) is 80.6 Å². The number of Topliss-reactive ketones (excluding diaryl/α,β-unsaturated/α-hetero) is 1. The first-order valence-corrected chi connectivity index (χ1v) is 13.7. The third-order valence-corrected chi connectivity index (χ3v) is 8.77. The average Bonchev–Trinajstić information content (AvgIpc) is 3.01. The lowest BCUT2D eigenvalue weighted by atomic mass is 9.97. The lowest BCUT2D eigenvalue weighted by molar-refractivity contribution is -0.121. The number of amides is 1. The van der Waals surface area contributed by atoms with Gasteiger partial charge in [-0.3, -0.25) is 9.59 Å². The van der Waals surface area contributed by atoms with Crippen LogP contribution >= 0.6 is 0 Å². The van der Waals surface area contributed by atoms with Gasteiger partial charge in [0.1, 0.15) is 5.75 Å². The van der Waals surface area contributed by atoms with Crippen LogP contribution in [0.2, 0.25) is 0 Å². The molecular weight excluding hydrogens is 478 g/mol. The fraction of sp³-hybridized carbons (Fsp3) is 0.481. The number of rotatable bonds is 10. The highest BCUT2D eigenvalue weighted by Crippen LogP contribution is 2.27. The van der Waals surface area contributed by atoms with Crippen LogP contribution < -0.4 is 10.1 Å². The number of ketones is 1. The molecule has 1 aliphatic rings. The predicted octanol–water partition coefficient (Wildman–Crippen LogP) is 2.74. The minimum absolute atomic E-state index is 0.0507. The SMILES string of the molecule is COc1cc(C)c(S(=O)(=O)N(C)CC(=O)NCCCC(=O)c2ccc3c(c2)CCN(C)CC3)c(C)c1. The summed E-state index contributed by atoms with van der Waals surface area (Å²) in [6.45, 7) is 5.41. The van der Waals surface area contributed by atoms with E-state index in [0.717, 1.165) is 30.2 Å². The topological polar surface area (TPSA) is 96.0 Å². The smallest absolute Gasteiger partial charge is 0.243 e. The van der Waals surface area contributed by atoms with Gasteiger partial charge in [-0.2, -0.15) is 4.31 Å². The molecule has 0 radical (unpaired) electrons. The summed E-state index contributed by atoms with van der Waals surface area (Å²) < 4.78 is 32.4. The van der Waals surface area contributed by atoms with Gasteiger partial charge >= 0.3 is 0 Å². The Morgan fingerprint density at radius 2 is 1.69 bits per heavy atom. The molecular formula is C27H37N3O5S. The second kappa shape index (κ2) is 12.0. The van der Waals surface area contributed by atoms with Crippen molar-refractivity contribution in [2.75, 3.05) is 47.4 Å². The molecule has 1 heterocycles. The zero-order valence-electron chi connectivity index (χ0n) is 21.9. The van der Waals surface area contributed by atoms with Crippen molar-refractivity contribution < 1.29 is 22.7 Å². The van der Waals surface area contributed by atoms with Crippen molar-refractivity contribution in [3.63, 3.8) is 0 Å². The lowest BCUT2D eigenvalue weighted by Crippen LogP contribution is -2.39. The third-order valence-electron chi connectivity index (χ3n) is 6.66. The number of nitrogens with one attached hydrogen (secondary N) is 1. The molecule has 3 rings (SSSR count). The maximum absolute atomic E-state index is 13.1. The van der Waals surface area contributed by atoms with Crippen LogP contribution in [-0.4, -0.2) is 76.7 Å². The van der Waals surface area contributed by atoms with E-state index in [1.807, 2.05) is 12.1 Å². The van der Waals surface area contributed by atoms with Gasteiger partial charge in [0.25, 0.3) is 0 Å². The summed E-state index contributed by atoms with van der Waals surface area (Å²) in [5.74, 6) is 0.221. The number of ether oxygens (including phenoxy) is 1. The van der Waals surface area contributed by atoms with Crippen LogP contribution in [0.1, 0.15) is 45.5 Å². The Bertz CT molecular complexity index is 1200. The standard InChI is InChI=1S/C27H37N3O5S/c1-19-15-24(35-5)16-20(2)27(19)36(33,34)30(4)18-26(32)28-12-6-7-25(31)23-9-8-21-10-13-29(3)14-11-22(21)17-23/h8-9,15-17H,6-7,10-14,18H2,1-5H3,(H,28,32). The molecule has 1 aliphatic heterocycles. The molecule has 0 saturated carbocycles. The van der Waals surface area contributed by atoms with Gasteiger partial charge in [0.15, 0.2) is 5.78 Å². The van der Waals surface area contributed by atoms with E-state index in [4.69, 9.17) is 4.74 Å². The summed E-state index contributed by atoms with van der Waals surface area (Å²) in [6.07, 6.45) is 2.73. The van der Waals surface area contributed by atoms with Gasteiger partial charge < -0.3 is 15.0 Å². The predicted molar refractivity (Wildman–Crippen MR) is 140 cm³/mol. The normalized spacial score (nSPS) is 14.3. The molecule has 0 aromatic heterocycles. The lowest BCUT2D eigenvalue weighted by Gasteiger charge is -2.20. The number of hydrogen-bond donors (Lipinski definition) is 1. The number of carbonyl (C=O) groups is 2. The van der Waals surface area contributed by atoms with Crippen LogP contribution in [0.4, 0.5) is 0 Å². The molecule has 0 unspecified atom stereocenters. The molecule has 0 fully saturated rings. The van der Waals surface area contributed by atoms with Crippen LogP contribution in [0.3, 0.4) is 0 Å². The van der Waals surface area contributed by atoms with Gasteiger partial charge in [0.05, 0.1) is 18.6 Å². The number of likely N-dealkylation sites (N-methyl/N-ethyl adjacent to an activating group) is 2. The molecule has 1 amide bonds. The van der Waals surface area contributed by atoms with Crippen molar-refractivity contribution in [3.8, 4) is 5.75 Å². The Morgan fingerprint density at radius 3 is 2.33 bits per heavy atom. The Balaban J connectivity index is 1.50. The molecule has 196 valence electrons. The summed E-state index contributed by atoms with van der Waals surface area (Å²) in [5, 5.41) is 2.73. The number of benzene rings is 2. The molecule has 1 N–H and O–H groups in total. The maximum Gasteiger partial charge on any atom is 0.243 e. The molecule has 9 heteroatoms. The number of hydrogen-bond acceptors (Lipinski definition) is 6. The summed E-state index contributed by atoms with van der Waals surface area (Å²) in [5.41, 5.74) is 4.37. The van der Waals surface area contributed by atoms with Crippen LogP contribution in [-0.2, 0) is 27.7 Å². The average molecular weight is 516 g/mol. The van der Waals surface area contributed by atoms with Gasteiger partial charge in [-0.25, -0.2) is 8.42 Å². The van der Waals surface area contributed by atoms with Crippen molar-refractivity contribution in [2.24, 2.45) is 0 Å². The highest BCUT2D eigenvalue weighted by Gasteiger charge is 2.27. The fourth-order valence-corrected chi connectivity index (χ4v) is 6.10. The fourth-order valence-electron chi connectivity index (χ4n) is 4.57. The third kappa shape index (κ3) is 6.72. The minimum Gasteiger partial charge on any atom is -0.497 e. The number of aryl methyl sites for hydroxylation is 2. The van der Waals surface area contributed by atoms with Crippen LogP contribution in [0.15, 0.2) is 35.2 Å². The molecule has 0 bridgehead atoms. The van der Waals surface area contributed by atoms with Crippen LogP contribution in [0.25, 0.3) is 0 Å². The Hall–Kier alpha value is -2.75. The highest BCUT2D eigenvalue weighted by molar-refractivity contribution is 7.89. The summed E-state index contributed by atoms with van der Waals surface area (Å²) in [6, 6.07) is 9.29. The second-order valence-electron chi connectivity index (χ2n) is 9.51. The molecule has 0 spiro atoms. The number of fused-ring (bicyclic) bond motifs is 1. The molecule has 8 nitrogen and oxygen atoms in total. The number of nitrogens with zero attached hydrogens (tertiary/aromatic N) is 2. The van der Waals surface area contributed by atoms with Gasteiger partial charge in [0, 0.05) is 38.7 Å². The van der Waals surface area contributed by atoms with Crippen molar-refractivity contribution in [1.29, 1.82) is 0 Å². The Kier molecular flexibility index (Phi) is 9.27. The Labute approximate surface area is 214 Å². The van der Waals surface area contributed by atoms with Gasteiger partial charge in [0.2, 0.25) is 15.9 Å². The van der Waals surface area contributed by atoms with Gasteiger partial charge in [-0.1, -0.05) is 12.1 Å². The quantitative estimate of drug-likeness (QED) is 0.386. The van der Waals surface area contributed by atoms with Crippen molar-refractivity contribution in [3.05, 3.63) is 58.1 Å². The number of sulfonamides is 1. The first-order valence-electron chi connectivity index (χ1n) is 12.2. The van der Waals surface area contributed by atoms with E-state index in [2.05, 4.69) is 23.3 Å². The van der Waals surface area contributed by atoms with Crippen LogP contribution in [0.5, 0.6) is 5.75 Å². The maximum atomic E-state index is 13.1. The first-order chi connectivity index (χ1) is 17.0. The summed E-state index contributed by atoms with van der Waals surface area (Å²) in [7, 11) is 1.17. The first kappa shape index (κ1) is 27.8. The van der Waals surface area contributed by atoms with E-state index < -0.39 is 15.9 Å². The van der Waals surface area contributed by atoms with Crippen molar-refractivity contribution in [2.45, 2.75) is 44.4 Å². The monoisotopic (exact) mass is 515 g/mol. The largest absolute Gasteiger partial charge is 0.497 e. The molecule has 2 aromatic rings. The van der Waals surface area contributed by atoms with Crippen LogP contribution in [0, 0.1) is 13.8 Å². The second-order valence-corrected chi connectivity index (χ2v) is 11.5. The van der Waals surface area contributed by atoms with E-state index in [-0.39, 0.29) is 17.2 Å². The molecule has 0 aliphatic carbocycles. The highest BCUT2D eigenvalue weighted by atomic mass is 32.2. The Morgan fingerprint density at radius 1 is 1.06 bits per heavy atom. The molecule has 0 saturated heterocycles. The zero-order valence-corrected chi connectivity index (χ0v) is 22.7. The molecule has 2 aromatic carbocycles. The van der Waals surface area contributed by atoms with E-state index in [9.17, 15) is 18.0 Å². The van der Waals surface area contributed by atoms with Crippen molar-refractivity contribution >= 4 is 21.7 Å². The van der Waals surface area contributed by atoms with E-state index in [1.165, 1.54) is 25.3 Å². The van der Waals surface area contributed by atoms with Gasteiger partial charge in [-0.15, -0.1) is 0 Å². The molecule has 0 atom stereocenters.